The van der Waals surface area contributed by atoms with E-state index in [1.165, 1.54) is 38.5 Å². The average molecular weight is 226 g/mol. The van der Waals surface area contributed by atoms with Crippen LogP contribution in [0, 0.1) is 0 Å². The lowest BCUT2D eigenvalue weighted by atomic mass is 10.2. The van der Waals surface area contributed by atoms with E-state index in [1.807, 2.05) is 0 Å². The van der Waals surface area contributed by atoms with Gasteiger partial charge in [0, 0.05) is 25.2 Å². The molecule has 0 spiro atoms. The summed E-state index contributed by atoms with van der Waals surface area (Å²) in [5.41, 5.74) is 0. The fourth-order valence-electron chi connectivity index (χ4n) is 2.73. The van der Waals surface area contributed by atoms with E-state index in [1.54, 1.807) is 0 Å². The smallest absolute Gasteiger partial charge is 0.0791 e. The van der Waals surface area contributed by atoms with Gasteiger partial charge < -0.3 is 10.4 Å². The van der Waals surface area contributed by atoms with Crippen molar-refractivity contribution in [3.63, 3.8) is 0 Å². The fourth-order valence-corrected chi connectivity index (χ4v) is 2.73. The van der Waals surface area contributed by atoms with E-state index < -0.39 is 0 Å². The third kappa shape index (κ3) is 3.72. The highest BCUT2D eigenvalue weighted by molar-refractivity contribution is 4.83. The van der Waals surface area contributed by atoms with Crippen LogP contribution in [0.15, 0.2) is 0 Å². The molecular weight excluding hydrogens is 200 g/mol. The van der Waals surface area contributed by atoms with E-state index >= 15 is 0 Å². The van der Waals surface area contributed by atoms with Gasteiger partial charge in [-0.15, -0.1) is 0 Å². The Kier molecular flexibility index (Phi) is 4.62. The van der Waals surface area contributed by atoms with Crippen molar-refractivity contribution in [2.24, 2.45) is 0 Å². The molecule has 0 amide bonds. The van der Waals surface area contributed by atoms with Gasteiger partial charge in [0.05, 0.1) is 6.10 Å². The van der Waals surface area contributed by atoms with Gasteiger partial charge >= 0.3 is 0 Å². The lowest BCUT2D eigenvalue weighted by molar-refractivity contribution is 0.0904. The molecule has 3 heteroatoms. The van der Waals surface area contributed by atoms with E-state index in [0.717, 1.165) is 25.7 Å². The number of likely N-dealkylation sites (N-methyl/N-ethyl adjacent to an activating group) is 1. The number of hydrogen-bond donors (Lipinski definition) is 2. The van der Waals surface area contributed by atoms with E-state index in [-0.39, 0.29) is 6.10 Å². The standard InChI is InChI=1S/C13H26N2O/c1-2-15(12-5-3-4-6-12)10-13(16)9-14-11-7-8-11/h11-14,16H,2-10H2,1H3. The highest BCUT2D eigenvalue weighted by atomic mass is 16.3. The van der Waals surface area contributed by atoms with Crippen LogP contribution in [-0.2, 0) is 0 Å². The van der Waals surface area contributed by atoms with Crippen molar-refractivity contribution in [3.8, 4) is 0 Å². The zero-order chi connectivity index (χ0) is 11.4. The number of nitrogens with one attached hydrogen (secondary N) is 1. The zero-order valence-corrected chi connectivity index (χ0v) is 10.5. The SMILES string of the molecule is CCN(CC(O)CNC1CC1)C1CCCC1. The number of nitrogens with zero attached hydrogens (tertiary/aromatic N) is 1. The predicted molar refractivity (Wildman–Crippen MR) is 66.5 cm³/mol. The summed E-state index contributed by atoms with van der Waals surface area (Å²) in [5, 5.41) is 13.4. The molecule has 0 aromatic heterocycles. The first-order valence-electron chi connectivity index (χ1n) is 6.95. The van der Waals surface area contributed by atoms with E-state index in [9.17, 15) is 5.11 Å². The number of rotatable bonds is 7. The van der Waals surface area contributed by atoms with Crippen LogP contribution in [0.25, 0.3) is 0 Å². The van der Waals surface area contributed by atoms with Gasteiger partial charge in [0.25, 0.3) is 0 Å². The van der Waals surface area contributed by atoms with Gasteiger partial charge in [-0.1, -0.05) is 19.8 Å². The maximum atomic E-state index is 9.98. The van der Waals surface area contributed by atoms with Crippen LogP contribution in [0.5, 0.6) is 0 Å². The molecule has 16 heavy (non-hydrogen) atoms. The molecular formula is C13H26N2O. The van der Waals surface area contributed by atoms with Crippen LogP contribution >= 0.6 is 0 Å². The molecule has 0 saturated heterocycles. The fraction of sp³-hybridized carbons (Fsp3) is 1.00. The Bertz CT molecular complexity index is 200. The first-order valence-corrected chi connectivity index (χ1v) is 6.95. The van der Waals surface area contributed by atoms with Crippen molar-refractivity contribution in [2.75, 3.05) is 19.6 Å². The summed E-state index contributed by atoms with van der Waals surface area (Å²) in [4.78, 5) is 2.46. The molecule has 2 rings (SSSR count). The van der Waals surface area contributed by atoms with Gasteiger partial charge in [-0.2, -0.15) is 0 Å². The Balaban J connectivity index is 1.66. The summed E-state index contributed by atoms with van der Waals surface area (Å²) in [5.74, 6) is 0. The lowest BCUT2D eigenvalue weighted by Crippen LogP contribution is -2.42. The van der Waals surface area contributed by atoms with E-state index in [2.05, 4.69) is 17.1 Å². The Morgan fingerprint density at radius 2 is 1.94 bits per heavy atom. The Morgan fingerprint density at radius 1 is 1.25 bits per heavy atom. The first kappa shape index (κ1) is 12.3. The quantitative estimate of drug-likeness (QED) is 0.688. The summed E-state index contributed by atoms with van der Waals surface area (Å²) in [6, 6.07) is 1.44. The van der Waals surface area contributed by atoms with Crippen LogP contribution in [0.2, 0.25) is 0 Å². The third-order valence-electron chi connectivity index (χ3n) is 3.91. The molecule has 1 atom stereocenters. The molecule has 2 saturated carbocycles. The average Bonchev–Trinajstić information content (AvgIpc) is 2.97. The molecule has 1 unspecified atom stereocenters. The van der Waals surface area contributed by atoms with Crippen molar-refractivity contribution < 1.29 is 5.11 Å². The van der Waals surface area contributed by atoms with Crippen LogP contribution in [0.4, 0.5) is 0 Å². The lowest BCUT2D eigenvalue weighted by Gasteiger charge is -2.29. The van der Waals surface area contributed by atoms with Crippen molar-refractivity contribution in [1.29, 1.82) is 0 Å². The minimum atomic E-state index is -0.193. The second kappa shape index (κ2) is 5.99. The highest BCUT2D eigenvalue weighted by Gasteiger charge is 2.25. The second-order valence-corrected chi connectivity index (χ2v) is 5.36. The number of aliphatic hydroxyl groups is 1. The van der Waals surface area contributed by atoms with Gasteiger partial charge in [0.2, 0.25) is 0 Å². The molecule has 2 aliphatic carbocycles. The molecule has 0 heterocycles. The largest absolute Gasteiger partial charge is 0.390 e. The number of hydrogen-bond acceptors (Lipinski definition) is 3. The Morgan fingerprint density at radius 3 is 2.50 bits per heavy atom. The molecule has 0 radical (unpaired) electrons. The molecule has 0 aromatic carbocycles. The molecule has 3 nitrogen and oxygen atoms in total. The normalized spacial score (nSPS) is 24.2. The topological polar surface area (TPSA) is 35.5 Å². The Hall–Kier alpha value is -0.120. The van der Waals surface area contributed by atoms with Crippen molar-refractivity contribution in [2.45, 2.75) is 63.6 Å². The second-order valence-electron chi connectivity index (χ2n) is 5.36. The van der Waals surface area contributed by atoms with Gasteiger partial charge in [-0.25, -0.2) is 0 Å². The monoisotopic (exact) mass is 226 g/mol. The summed E-state index contributed by atoms with van der Waals surface area (Å²) < 4.78 is 0. The maximum absolute atomic E-state index is 9.98. The predicted octanol–water partition coefficient (Wildman–Crippen LogP) is 1.36. The minimum Gasteiger partial charge on any atom is -0.390 e. The van der Waals surface area contributed by atoms with Crippen LogP contribution < -0.4 is 5.32 Å². The summed E-state index contributed by atoms with van der Waals surface area (Å²) >= 11 is 0. The van der Waals surface area contributed by atoms with Gasteiger partial charge in [-0.05, 0) is 32.2 Å². The van der Waals surface area contributed by atoms with Gasteiger partial charge in [0.15, 0.2) is 0 Å². The van der Waals surface area contributed by atoms with Crippen LogP contribution in [0.1, 0.15) is 45.4 Å². The van der Waals surface area contributed by atoms with E-state index in [0.29, 0.717) is 6.04 Å². The molecule has 2 aliphatic rings. The van der Waals surface area contributed by atoms with Crippen molar-refractivity contribution in [1.82, 2.24) is 10.2 Å². The van der Waals surface area contributed by atoms with Crippen molar-refractivity contribution >= 4 is 0 Å². The molecule has 94 valence electrons. The zero-order valence-electron chi connectivity index (χ0n) is 10.5. The van der Waals surface area contributed by atoms with Crippen LogP contribution in [0.3, 0.4) is 0 Å². The minimum absolute atomic E-state index is 0.193. The van der Waals surface area contributed by atoms with Crippen LogP contribution in [-0.4, -0.2) is 47.8 Å². The molecule has 2 fully saturated rings. The maximum Gasteiger partial charge on any atom is 0.0791 e. The first-order chi connectivity index (χ1) is 7.79. The summed E-state index contributed by atoms with van der Waals surface area (Å²) in [7, 11) is 0. The van der Waals surface area contributed by atoms with Gasteiger partial charge in [-0.3, -0.25) is 4.90 Å². The third-order valence-corrected chi connectivity index (χ3v) is 3.91. The highest BCUT2D eigenvalue weighted by Crippen LogP contribution is 2.23. The molecule has 0 aliphatic heterocycles. The molecule has 0 bridgehead atoms. The molecule has 0 aromatic rings. The Labute approximate surface area is 99.2 Å². The van der Waals surface area contributed by atoms with Gasteiger partial charge in [0.1, 0.15) is 0 Å². The summed E-state index contributed by atoms with van der Waals surface area (Å²) in [6.07, 6.45) is 7.81. The molecule has 2 N–H and O–H groups in total. The summed E-state index contributed by atoms with van der Waals surface area (Å²) in [6.45, 7) is 4.90. The van der Waals surface area contributed by atoms with E-state index in [4.69, 9.17) is 0 Å². The van der Waals surface area contributed by atoms with Crippen molar-refractivity contribution in [3.05, 3.63) is 0 Å². The number of aliphatic hydroxyl groups excluding tert-OH is 1.